The Morgan fingerprint density at radius 1 is 1.25 bits per heavy atom. The number of piperazine rings is 1. The fraction of sp³-hybridized carbons (Fsp3) is 0.391. The third kappa shape index (κ3) is 5.26. The summed E-state index contributed by atoms with van der Waals surface area (Å²) in [5.74, 6) is 1.18. The van der Waals surface area contributed by atoms with Gasteiger partial charge in [-0.1, -0.05) is 41.4 Å². The molecular formula is C23H28ClN7O. The predicted octanol–water partition coefficient (Wildman–Crippen LogP) is 3.01. The summed E-state index contributed by atoms with van der Waals surface area (Å²) in [6.45, 7) is 6.45. The van der Waals surface area contributed by atoms with Gasteiger partial charge in [-0.25, -0.2) is 9.97 Å². The fourth-order valence-electron chi connectivity index (χ4n) is 3.97. The van der Waals surface area contributed by atoms with Gasteiger partial charge in [-0.05, 0) is 26.5 Å². The second-order valence-electron chi connectivity index (χ2n) is 8.33. The van der Waals surface area contributed by atoms with E-state index in [9.17, 15) is 4.79 Å². The molecule has 0 radical (unpaired) electrons. The molecule has 1 N–H and O–H groups in total. The van der Waals surface area contributed by atoms with E-state index in [4.69, 9.17) is 16.6 Å². The van der Waals surface area contributed by atoms with Crippen LogP contribution in [0, 0.1) is 6.92 Å². The Hall–Kier alpha value is -2.97. The molecule has 1 aromatic carbocycles. The number of likely N-dealkylation sites (N-methyl/N-ethyl adjacent to an activating group) is 1. The van der Waals surface area contributed by atoms with Crippen LogP contribution < -0.4 is 10.2 Å². The van der Waals surface area contributed by atoms with Crippen molar-refractivity contribution in [2.75, 3.05) is 31.6 Å². The van der Waals surface area contributed by atoms with Crippen molar-refractivity contribution in [2.45, 2.75) is 32.4 Å². The summed E-state index contributed by atoms with van der Waals surface area (Å²) < 4.78 is 1.72. The Morgan fingerprint density at radius 2 is 2.03 bits per heavy atom. The van der Waals surface area contributed by atoms with Crippen LogP contribution in [0.1, 0.15) is 30.5 Å². The molecule has 2 aromatic heterocycles. The molecule has 1 aliphatic heterocycles. The molecule has 1 fully saturated rings. The number of nitrogens with one attached hydrogen (secondary N) is 1. The van der Waals surface area contributed by atoms with Crippen molar-refractivity contribution >= 4 is 23.3 Å². The van der Waals surface area contributed by atoms with Gasteiger partial charge >= 0.3 is 0 Å². The Balaban J connectivity index is 1.50. The quantitative estimate of drug-likeness (QED) is 0.578. The van der Waals surface area contributed by atoms with E-state index < -0.39 is 0 Å². The van der Waals surface area contributed by atoms with Gasteiger partial charge < -0.3 is 15.1 Å². The van der Waals surface area contributed by atoms with Gasteiger partial charge in [0.1, 0.15) is 17.3 Å². The minimum Gasteiger partial charge on any atom is -0.350 e. The summed E-state index contributed by atoms with van der Waals surface area (Å²) in [5, 5.41) is 3.49. The fourth-order valence-corrected chi connectivity index (χ4v) is 4.15. The lowest BCUT2D eigenvalue weighted by molar-refractivity contribution is -0.122. The topological polar surface area (TPSA) is 79.2 Å². The second-order valence-corrected chi connectivity index (χ2v) is 8.72. The van der Waals surface area contributed by atoms with Crippen LogP contribution in [0.3, 0.4) is 0 Å². The van der Waals surface area contributed by atoms with Crippen LogP contribution >= 0.6 is 11.6 Å². The lowest BCUT2D eigenvalue weighted by Gasteiger charge is -2.40. The zero-order valence-electron chi connectivity index (χ0n) is 18.6. The molecule has 8 nitrogen and oxygen atoms in total. The molecule has 0 saturated carbocycles. The zero-order valence-corrected chi connectivity index (χ0v) is 19.3. The number of hydrogen-bond donors (Lipinski definition) is 1. The number of halogens is 1. The highest BCUT2D eigenvalue weighted by atomic mass is 35.5. The van der Waals surface area contributed by atoms with Gasteiger partial charge in [-0.15, -0.1) is 0 Å². The van der Waals surface area contributed by atoms with Crippen LogP contribution in [0.25, 0.3) is 5.95 Å². The van der Waals surface area contributed by atoms with E-state index in [0.29, 0.717) is 23.3 Å². The number of hydrogen-bond acceptors (Lipinski definition) is 6. The number of aryl methyl sites for hydroxylation is 1. The summed E-state index contributed by atoms with van der Waals surface area (Å²) in [7, 11) is 2.07. The molecule has 9 heteroatoms. The lowest BCUT2D eigenvalue weighted by atomic mass is 10.0. The first-order valence-electron chi connectivity index (χ1n) is 10.7. The molecule has 32 heavy (non-hydrogen) atoms. The van der Waals surface area contributed by atoms with Gasteiger partial charge in [0.2, 0.25) is 11.9 Å². The van der Waals surface area contributed by atoms with Crippen molar-refractivity contribution in [1.29, 1.82) is 0 Å². The van der Waals surface area contributed by atoms with Crippen molar-refractivity contribution in [3.63, 3.8) is 0 Å². The number of imidazole rings is 1. The molecular weight excluding hydrogens is 426 g/mol. The standard InChI is InChI=1S/C23H28ClN7O/c1-16-4-6-18(7-5-16)17(2)26-22(32)12-19-14-29(3)10-11-31(19)21-13-20(24)27-23(28-21)30-9-8-25-15-30/h4-9,13,15,17,19H,10-12,14H2,1-3H3,(H,26,32). The van der Waals surface area contributed by atoms with E-state index in [1.54, 1.807) is 29.4 Å². The maximum absolute atomic E-state index is 12.9. The highest BCUT2D eigenvalue weighted by molar-refractivity contribution is 6.29. The molecule has 2 atom stereocenters. The summed E-state index contributed by atoms with van der Waals surface area (Å²) in [6.07, 6.45) is 5.44. The van der Waals surface area contributed by atoms with E-state index >= 15 is 0 Å². The number of rotatable bonds is 6. The first-order valence-corrected chi connectivity index (χ1v) is 11.1. The first kappa shape index (κ1) is 22.2. The summed E-state index contributed by atoms with van der Waals surface area (Å²) in [5.41, 5.74) is 2.29. The number of carbonyl (C=O) groups is 1. The van der Waals surface area contributed by atoms with Crippen molar-refractivity contribution in [2.24, 2.45) is 0 Å². The molecule has 3 aromatic rings. The van der Waals surface area contributed by atoms with E-state index in [2.05, 4.69) is 63.3 Å². The van der Waals surface area contributed by atoms with Gasteiger partial charge in [0.15, 0.2) is 0 Å². The maximum Gasteiger partial charge on any atom is 0.238 e. The van der Waals surface area contributed by atoms with E-state index in [1.165, 1.54) is 5.56 Å². The minimum atomic E-state index is -0.0563. The molecule has 4 rings (SSSR count). The molecule has 1 aliphatic rings. The van der Waals surface area contributed by atoms with Crippen LogP contribution in [-0.2, 0) is 4.79 Å². The number of nitrogens with zero attached hydrogens (tertiary/aromatic N) is 6. The monoisotopic (exact) mass is 453 g/mol. The summed E-state index contributed by atoms with van der Waals surface area (Å²) in [4.78, 5) is 30.4. The molecule has 0 spiro atoms. The Morgan fingerprint density at radius 3 is 2.75 bits per heavy atom. The zero-order chi connectivity index (χ0) is 22.7. The smallest absolute Gasteiger partial charge is 0.238 e. The molecule has 1 saturated heterocycles. The van der Waals surface area contributed by atoms with Crippen LogP contribution in [0.2, 0.25) is 5.15 Å². The molecule has 3 heterocycles. The van der Waals surface area contributed by atoms with Gasteiger partial charge in [-0.2, -0.15) is 4.98 Å². The number of anilines is 1. The van der Waals surface area contributed by atoms with Crippen molar-refractivity contribution in [3.05, 3.63) is 65.3 Å². The van der Waals surface area contributed by atoms with Gasteiger partial charge in [0, 0.05) is 44.5 Å². The minimum absolute atomic E-state index is 0.0124. The molecule has 0 aliphatic carbocycles. The van der Waals surface area contributed by atoms with E-state index in [-0.39, 0.29) is 18.0 Å². The predicted molar refractivity (Wildman–Crippen MR) is 125 cm³/mol. The van der Waals surface area contributed by atoms with Crippen LogP contribution in [0.15, 0.2) is 49.1 Å². The third-order valence-corrected chi connectivity index (χ3v) is 5.95. The van der Waals surface area contributed by atoms with Gasteiger partial charge in [-0.3, -0.25) is 9.36 Å². The normalized spacial score (nSPS) is 17.9. The number of benzene rings is 1. The van der Waals surface area contributed by atoms with Gasteiger partial charge in [0.25, 0.3) is 0 Å². The lowest BCUT2D eigenvalue weighted by Crippen LogP contribution is -2.54. The Kier molecular flexibility index (Phi) is 6.72. The summed E-state index contributed by atoms with van der Waals surface area (Å²) >= 11 is 6.31. The largest absolute Gasteiger partial charge is 0.350 e. The van der Waals surface area contributed by atoms with Crippen molar-refractivity contribution in [3.8, 4) is 5.95 Å². The molecule has 2 unspecified atom stereocenters. The molecule has 0 bridgehead atoms. The Labute approximate surface area is 193 Å². The average molecular weight is 454 g/mol. The number of carbonyl (C=O) groups excluding carboxylic acids is 1. The highest BCUT2D eigenvalue weighted by Gasteiger charge is 2.29. The average Bonchev–Trinajstić information content (AvgIpc) is 3.29. The Bertz CT molecular complexity index is 1050. The number of aromatic nitrogens is 4. The maximum atomic E-state index is 12.9. The first-order chi connectivity index (χ1) is 15.4. The van der Waals surface area contributed by atoms with Gasteiger partial charge in [0.05, 0.1) is 12.1 Å². The van der Waals surface area contributed by atoms with Crippen LogP contribution in [0.5, 0.6) is 0 Å². The van der Waals surface area contributed by atoms with E-state index in [0.717, 1.165) is 25.2 Å². The summed E-state index contributed by atoms with van der Waals surface area (Å²) in [6, 6.07) is 9.91. The number of amides is 1. The second kappa shape index (κ2) is 9.67. The molecule has 1 amide bonds. The van der Waals surface area contributed by atoms with Crippen LogP contribution in [0.4, 0.5) is 5.82 Å². The SMILES string of the molecule is Cc1ccc(C(C)NC(=O)CC2CN(C)CCN2c2cc(Cl)nc(-n3ccnc3)n2)cc1. The molecule has 168 valence electrons. The van der Waals surface area contributed by atoms with Crippen LogP contribution in [-0.4, -0.2) is 63.0 Å². The third-order valence-electron chi connectivity index (χ3n) is 5.76. The van der Waals surface area contributed by atoms with Crippen molar-refractivity contribution in [1.82, 2.24) is 29.7 Å². The van der Waals surface area contributed by atoms with E-state index in [1.807, 2.05) is 6.92 Å². The highest BCUT2D eigenvalue weighted by Crippen LogP contribution is 2.24. The van der Waals surface area contributed by atoms with Crippen molar-refractivity contribution < 1.29 is 4.79 Å².